The average Bonchev–Trinajstić information content (AvgIpc) is 2.79. The molecule has 0 aromatic heterocycles. The molecule has 2 aliphatic heterocycles. The molecule has 2 heterocycles. The molecule has 0 saturated carbocycles. The molecule has 1 atom stereocenters. The zero-order valence-electron chi connectivity index (χ0n) is 13.0. The highest BCUT2D eigenvalue weighted by molar-refractivity contribution is 5.81. The maximum atomic E-state index is 12.1. The number of carbonyl (C=O) groups excluding carboxylic acids is 2. The normalized spacial score (nSPS) is 21.7. The van der Waals surface area contributed by atoms with Gasteiger partial charge in [0.2, 0.25) is 0 Å². The van der Waals surface area contributed by atoms with Gasteiger partial charge in [-0.3, -0.25) is 0 Å². The molecule has 7 heteroatoms. The molecule has 1 amide bonds. The number of hydrazine groups is 1. The summed E-state index contributed by atoms with van der Waals surface area (Å²) in [6.07, 6.45) is 0.306. The Morgan fingerprint density at radius 3 is 2.71 bits per heavy atom. The van der Waals surface area contributed by atoms with Crippen LogP contribution in [0, 0.1) is 0 Å². The Balaban J connectivity index is 2.04. The summed E-state index contributed by atoms with van der Waals surface area (Å²) < 4.78 is 10.4. The van der Waals surface area contributed by atoms with E-state index in [1.54, 1.807) is 11.8 Å². The fourth-order valence-corrected chi connectivity index (χ4v) is 2.35. The van der Waals surface area contributed by atoms with E-state index in [-0.39, 0.29) is 12.1 Å². The van der Waals surface area contributed by atoms with Crippen LogP contribution in [0.4, 0.5) is 4.79 Å². The number of esters is 1. The van der Waals surface area contributed by atoms with E-state index < -0.39 is 11.6 Å². The van der Waals surface area contributed by atoms with Gasteiger partial charge in [0.05, 0.1) is 6.61 Å². The summed E-state index contributed by atoms with van der Waals surface area (Å²) in [6, 6.07) is -0.537. The number of nitrogens with one attached hydrogen (secondary N) is 2. The van der Waals surface area contributed by atoms with Crippen molar-refractivity contribution in [2.45, 2.75) is 45.8 Å². The SMILES string of the molecule is CCOC(=O)C1NNC2=C1CN(C(=O)OC(C)(C)C)CC2. The molecule has 2 aliphatic rings. The largest absolute Gasteiger partial charge is 0.465 e. The Labute approximate surface area is 124 Å². The second-order valence-corrected chi connectivity index (χ2v) is 6.11. The number of nitrogens with zero attached hydrogens (tertiary/aromatic N) is 1. The zero-order chi connectivity index (χ0) is 15.6. The van der Waals surface area contributed by atoms with Crippen LogP contribution >= 0.6 is 0 Å². The number of ether oxygens (including phenoxy) is 2. The first-order valence-electron chi connectivity index (χ1n) is 7.20. The number of amides is 1. The lowest BCUT2D eigenvalue weighted by Gasteiger charge is -2.31. The van der Waals surface area contributed by atoms with Crippen molar-refractivity contribution < 1.29 is 19.1 Å². The lowest BCUT2D eigenvalue weighted by molar-refractivity contribution is -0.144. The lowest BCUT2D eigenvalue weighted by Crippen LogP contribution is -2.44. The summed E-state index contributed by atoms with van der Waals surface area (Å²) in [5, 5.41) is 0. The summed E-state index contributed by atoms with van der Waals surface area (Å²) in [5.41, 5.74) is 7.21. The molecule has 0 aromatic rings. The second-order valence-electron chi connectivity index (χ2n) is 6.11. The molecule has 118 valence electrons. The highest BCUT2D eigenvalue weighted by atomic mass is 16.6. The minimum absolute atomic E-state index is 0.329. The van der Waals surface area contributed by atoms with E-state index in [1.165, 1.54) is 0 Å². The Bertz CT molecular complexity index is 467. The Morgan fingerprint density at radius 1 is 1.38 bits per heavy atom. The van der Waals surface area contributed by atoms with Crippen molar-refractivity contribution >= 4 is 12.1 Å². The van der Waals surface area contributed by atoms with E-state index in [2.05, 4.69) is 10.9 Å². The van der Waals surface area contributed by atoms with E-state index in [4.69, 9.17) is 9.47 Å². The van der Waals surface area contributed by atoms with E-state index in [9.17, 15) is 9.59 Å². The predicted octanol–water partition coefficient (Wildman–Crippen LogP) is 0.921. The molecule has 21 heavy (non-hydrogen) atoms. The summed E-state index contributed by atoms with van der Waals surface area (Å²) in [6.45, 7) is 8.53. The third-order valence-electron chi connectivity index (χ3n) is 3.27. The second kappa shape index (κ2) is 5.93. The molecule has 0 fully saturated rings. The van der Waals surface area contributed by atoms with Crippen LogP contribution in [0.2, 0.25) is 0 Å². The van der Waals surface area contributed by atoms with Crippen molar-refractivity contribution in [1.82, 2.24) is 15.8 Å². The van der Waals surface area contributed by atoms with Crippen molar-refractivity contribution in [3.8, 4) is 0 Å². The molecule has 0 saturated heterocycles. The molecule has 2 N–H and O–H groups in total. The molecule has 0 bridgehead atoms. The van der Waals surface area contributed by atoms with Gasteiger partial charge in [-0.1, -0.05) is 0 Å². The summed E-state index contributed by atoms with van der Waals surface area (Å²) in [7, 11) is 0. The highest BCUT2D eigenvalue weighted by Crippen LogP contribution is 2.24. The third kappa shape index (κ3) is 3.66. The van der Waals surface area contributed by atoms with Crippen molar-refractivity contribution in [3.05, 3.63) is 11.3 Å². The molecule has 0 spiro atoms. The van der Waals surface area contributed by atoms with Gasteiger partial charge in [-0.15, -0.1) is 0 Å². The van der Waals surface area contributed by atoms with Crippen LogP contribution in [0.1, 0.15) is 34.1 Å². The van der Waals surface area contributed by atoms with E-state index >= 15 is 0 Å². The van der Waals surface area contributed by atoms with Crippen LogP contribution in [0.5, 0.6) is 0 Å². The number of rotatable bonds is 2. The number of hydrogen-bond donors (Lipinski definition) is 2. The summed E-state index contributed by atoms with van der Waals surface area (Å²) in [4.78, 5) is 25.7. The predicted molar refractivity (Wildman–Crippen MR) is 76.1 cm³/mol. The molecule has 0 aromatic carbocycles. The van der Waals surface area contributed by atoms with Crippen LogP contribution in [-0.2, 0) is 14.3 Å². The lowest BCUT2D eigenvalue weighted by atomic mass is 10.0. The van der Waals surface area contributed by atoms with Gasteiger partial charge in [0, 0.05) is 25.2 Å². The zero-order valence-corrected chi connectivity index (χ0v) is 13.0. The molecule has 1 unspecified atom stereocenters. The molecular formula is C14H23N3O4. The molecule has 2 rings (SSSR count). The van der Waals surface area contributed by atoms with Gasteiger partial charge in [0.15, 0.2) is 0 Å². The van der Waals surface area contributed by atoms with Gasteiger partial charge < -0.3 is 19.8 Å². The summed E-state index contributed by atoms with van der Waals surface area (Å²) >= 11 is 0. The van der Waals surface area contributed by atoms with Crippen LogP contribution in [0.25, 0.3) is 0 Å². The minimum atomic E-state index is -0.537. The molecule has 0 aliphatic carbocycles. The number of hydrogen-bond acceptors (Lipinski definition) is 6. The summed E-state index contributed by atoms with van der Waals surface area (Å²) in [5.74, 6) is -0.332. The van der Waals surface area contributed by atoms with Gasteiger partial charge in [-0.25, -0.2) is 15.0 Å². The smallest absolute Gasteiger partial charge is 0.410 e. The first kappa shape index (κ1) is 15.6. The van der Waals surface area contributed by atoms with Crippen molar-refractivity contribution in [2.24, 2.45) is 0 Å². The average molecular weight is 297 g/mol. The maximum absolute atomic E-state index is 12.1. The fraction of sp³-hybridized carbons (Fsp3) is 0.714. The third-order valence-corrected chi connectivity index (χ3v) is 3.27. The maximum Gasteiger partial charge on any atom is 0.410 e. The van der Waals surface area contributed by atoms with Crippen molar-refractivity contribution in [1.29, 1.82) is 0 Å². The topological polar surface area (TPSA) is 79.9 Å². The van der Waals surface area contributed by atoms with Crippen LogP contribution in [0.15, 0.2) is 11.3 Å². The Hall–Kier alpha value is -1.76. The standard InChI is InChI=1S/C14H23N3O4/c1-5-20-12(18)11-9-8-17(7-6-10(9)15-16-11)13(19)21-14(2,3)4/h11,15-16H,5-8H2,1-4H3. The first-order chi connectivity index (χ1) is 9.81. The van der Waals surface area contributed by atoms with Gasteiger partial charge >= 0.3 is 12.1 Å². The van der Waals surface area contributed by atoms with Crippen LogP contribution in [-0.4, -0.2) is 48.3 Å². The highest BCUT2D eigenvalue weighted by Gasteiger charge is 2.37. The molecule has 7 nitrogen and oxygen atoms in total. The van der Waals surface area contributed by atoms with Crippen LogP contribution < -0.4 is 10.9 Å². The minimum Gasteiger partial charge on any atom is -0.465 e. The van der Waals surface area contributed by atoms with Gasteiger partial charge in [0.1, 0.15) is 11.6 Å². The quantitative estimate of drug-likeness (QED) is 0.738. The molecule has 0 radical (unpaired) electrons. The molecular weight excluding hydrogens is 274 g/mol. The van der Waals surface area contributed by atoms with E-state index in [0.717, 1.165) is 11.3 Å². The van der Waals surface area contributed by atoms with Crippen molar-refractivity contribution in [3.63, 3.8) is 0 Å². The monoisotopic (exact) mass is 297 g/mol. The van der Waals surface area contributed by atoms with Gasteiger partial charge in [-0.05, 0) is 33.3 Å². The van der Waals surface area contributed by atoms with Gasteiger partial charge in [0.25, 0.3) is 0 Å². The fourth-order valence-electron chi connectivity index (χ4n) is 2.35. The van der Waals surface area contributed by atoms with Crippen molar-refractivity contribution in [2.75, 3.05) is 19.7 Å². The van der Waals surface area contributed by atoms with Crippen LogP contribution in [0.3, 0.4) is 0 Å². The Morgan fingerprint density at radius 2 is 2.10 bits per heavy atom. The van der Waals surface area contributed by atoms with E-state index in [0.29, 0.717) is 26.1 Å². The van der Waals surface area contributed by atoms with Gasteiger partial charge in [-0.2, -0.15) is 0 Å². The van der Waals surface area contributed by atoms with E-state index in [1.807, 2.05) is 20.8 Å². The Kier molecular flexibility index (Phi) is 4.41. The number of carbonyl (C=O) groups is 2. The first-order valence-corrected chi connectivity index (χ1v) is 7.20.